The van der Waals surface area contributed by atoms with E-state index in [2.05, 4.69) is 10.2 Å². The van der Waals surface area contributed by atoms with Crippen LogP contribution in [0.5, 0.6) is 0 Å². The first kappa shape index (κ1) is 15.9. The molecule has 122 valence electrons. The molecular weight excluding hydrogens is 302 g/mol. The Morgan fingerprint density at radius 2 is 1.96 bits per heavy atom. The molecule has 1 aliphatic rings. The smallest absolute Gasteiger partial charge is 0.262 e. The van der Waals surface area contributed by atoms with Gasteiger partial charge in [-0.25, -0.2) is 0 Å². The third kappa shape index (κ3) is 3.85. The van der Waals surface area contributed by atoms with Gasteiger partial charge in [-0.1, -0.05) is 30.3 Å². The topological polar surface area (TPSA) is 69.3 Å². The van der Waals surface area contributed by atoms with Crippen molar-refractivity contribution in [2.75, 3.05) is 18.0 Å². The summed E-state index contributed by atoms with van der Waals surface area (Å²) in [7, 11) is 0. The first-order valence-electron chi connectivity index (χ1n) is 8.05. The number of nitrogens with one attached hydrogen (secondary N) is 1. The Kier molecular flexibility index (Phi) is 4.97. The molecule has 1 aliphatic heterocycles. The summed E-state index contributed by atoms with van der Waals surface area (Å²) in [5.41, 5.74) is 1.02. The van der Waals surface area contributed by atoms with Crippen LogP contribution < -0.4 is 10.2 Å². The molecule has 0 bridgehead atoms. The molecule has 24 heavy (non-hydrogen) atoms. The zero-order valence-corrected chi connectivity index (χ0v) is 13.4. The maximum Gasteiger partial charge on any atom is 0.262 e. The van der Waals surface area contributed by atoms with E-state index in [1.807, 2.05) is 42.5 Å². The zero-order chi connectivity index (χ0) is 16.8. The van der Waals surface area contributed by atoms with Gasteiger partial charge in [-0.05, 0) is 24.5 Å². The van der Waals surface area contributed by atoms with Crippen LogP contribution in [0.1, 0.15) is 24.2 Å². The van der Waals surface area contributed by atoms with Crippen LogP contribution in [0, 0.1) is 11.3 Å². The lowest BCUT2D eigenvalue weighted by molar-refractivity contribution is -0.117. The third-order valence-corrected chi connectivity index (χ3v) is 3.98. The van der Waals surface area contributed by atoms with E-state index >= 15 is 0 Å². The molecule has 1 aromatic heterocycles. The summed E-state index contributed by atoms with van der Waals surface area (Å²) >= 11 is 0. The van der Waals surface area contributed by atoms with Gasteiger partial charge < -0.3 is 14.6 Å². The molecular formula is C19H19N3O2. The van der Waals surface area contributed by atoms with Crippen LogP contribution in [-0.4, -0.2) is 19.0 Å². The normalized spacial score (nSPS) is 14.5. The van der Waals surface area contributed by atoms with Crippen molar-refractivity contribution in [2.45, 2.75) is 19.4 Å². The molecule has 1 fully saturated rings. The van der Waals surface area contributed by atoms with Crippen LogP contribution in [0.25, 0.3) is 6.08 Å². The second kappa shape index (κ2) is 7.51. The van der Waals surface area contributed by atoms with E-state index in [9.17, 15) is 10.1 Å². The molecule has 5 heteroatoms. The molecule has 2 aromatic rings. The summed E-state index contributed by atoms with van der Waals surface area (Å²) in [4.78, 5) is 14.3. The van der Waals surface area contributed by atoms with Gasteiger partial charge in [0.2, 0.25) is 0 Å². The number of amides is 1. The summed E-state index contributed by atoms with van der Waals surface area (Å²) in [5, 5.41) is 12.0. The predicted octanol–water partition coefficient (Wildman–Crippen LogP) is 3.10. The van der Waals surface area contributed by atoms with Crippen molar-refractivity contribution in [3.8, 4) is 6.07 Å². The van der Waals surface area contributed by atoms with Crippen LogP contribution in [0.3, 0.4) is 0 Å². The Morgan fingerprint density at radius 3 is 2.67 bits per heavy atom. The van der Waals surface area contributed by atoms with Crippen molar-refractivity contribution >= 4 is 17.9 Å². The highest BCUT2D eigenvalue weighted by Crippen LogP contribution is 2.24. The van der Waals surface area contributed by atoms with Gasteiger partial charge in [0.1, 0.15) is 17.4 Å². The van der Waals surface area contributed by atoms with Crippen LogP contribution in [-0.2, 0) is 11.3 Å². The maximum atomic E-state index is 12.2. The Morgan fingerprint density at radius 1 is 1.21 bits per heavy atom. The summed E-state index contributed by atoms with van der Waals surface area (Å²) in [6, 6.07) is 15.2. The molecule has 1 saturated heterocycles. The van der Waals surface area contributed by atoms with Crippen LogP contribution in [0.2, 0.25) is 0 Å². The molecule has 0 aliphatic carbocycles. The van der Waals surface area contributed by atoms with Gasteiger partial charge in [0, 0.05) is 31.8 Å². The highest BCUT2D eigenvalue weighted by atomic mass is 16.4. The summed E-state index contributed by atoms with van der Waals surface area (Å²) in [6.45, 7) is 2.36. The predicted molar refractivity (Wildman–Crippen MR) is 92.0 cm³/mol. The molecule has 0 saturated carbocycles. The van der Waals surface area contributed by atoms with Crippen molar-refractivity contribution in [2.24, 2.45) is 0 Å². The molecule has 0 radical (unpaired) electrons. The largest absolute Gasteiger partial charge is 0.441 e. The number of furan rings is 1. The Labute approximate surface area is 141 Å². The lowest BCUT2D eigenvalue weighted by Gasteiger charge is -2.12. The van der Waals surface area contributed by atoms with Gasteiger partial charge in [-0.2, -0.15) is 5.26 Å². The van der Waals surface area contributed by atoms with E-state index in [4.69, 9.17) is 4.42 Å². The third-order valence-electron chi connectivity index (χ3n) is 3.98. The molecule has 3 rings (SSSR count). The molecule has 1 amide bonds. The number of carbonyl (C=O) groups excluding carboxylic acids is 1. The van der Waals surface area contributed by atoms with Crippen LogP contribution in [0.15, 0.2) is 52.5 Å². The lowest BCUT2D eigenvalue weighted by atomic mass is 10.2. The van der Waals surface area contributed by atoms with Crippen LogP contribution >= 0.6 is 0 Å². The fraction of sp³-hybridized carbons (Fsp3) is 0.263. The van der Waals surface area contributed by atoms with E-state index in [0.29, 0.717) is 12.3 Å². The minimum atomic E-state index is -0.402. The Hall–Kier alpha value is -3.00. The van der Waals surface area contributed by atoms with E-state index in [-0.39, 0.29) is 5.57 Å². The zero-order valence-electron chi connectivity index (χ0n) is 13.4. The Bertz CT molecular complexity index is 765. The maximum absolute atomic E-state index is 12.2. The van der Waals surface area contributed by atoms with E-state index < -0.39 is 5.91 Å². The van der Waals surface area contributed by atoms with Gasteiger partial charge in [0.05, 0.1) is 0 Å². The number of nitrogens with zero attached hydrogens (tertiary/aromatic N) is 2. The first-order valence-corrected chi connectivity index (χ1v) is 8.05. The van der Waals surface area contributed by atoms with Crippen molar-refractivity contribution in [3.63, 3.8) is 0 Å². The van der Waals surface area contributed by atoms with Gasteiger partial charge in [-0.15, -0.1) is 0 Å². The number of carbonyl (C=O) groups is 1. The van der Waals surface area contributed by atoms with E-state index in [1.165, 1.54) is 6.08 Å². The minimum absolute atomic E-state index is 0.0354. The van der Waals surface area contributed by atoms with Gasteiger partial charge >= 0.3 is 0 Å². The monoisotopic (exact) mass is 321 g/mol. The average Bonchev–Trinajstić information content (AvgIpc) is 3.29. The van der Waals surface area contributed by atoms with Gasteiger partial charge in [-0.3, -0.25) is 4.79 Å². The van der Waals surface area contributed by atoms with Crippen LogP contribution in [0.4, 0.5) is 5.88 Å². The van der Waals surface area contributed by atoms with E-state index in [0.717, 1.165) is 37.4 Å². The Balaban J connectivity index is 1.65. The molecule has 5 nitrogen and oxygen atoms in total. The molecule has 1 aromatic carbocycles. The summed E-state index contributed by atoms with van der Waals surface area (Å²) in [6.07, 6.45) is 3.81. The number of nitriles is 1. The minimum Gasteiger partial charge on any atom is -0.441 e. The van der Waals surface area contributed by atoms with Crippen molar-refractivity contribution < 1.29 is 9.21 Å². The highest BCUT2D eigenvalue weighted by molar-refractivity contribution is 6.01. The SMILES string of the molecule is N#CC(=Cc1ccc(N2CCCC2)o1)C(=O)NCc1ccccc1. The highest BCUT2D eigenvalue weighted by Gasteiger charge is 2.16. The standard InChI is InChI=1S/C19H19N3O2/c20-13-16(19(23)21-14-15-6-2-1-3-7-15)12-17-8-9-18(24-17)22-10-4-5-11-22/h1-3,6-9,12H,4-5,10-11,14H2,(H,21,23). The molecule has 0 unspecified atom stereocenters. The molecule has 1 N–H and O–H groups in total. The fourth-order valence-corrected chi connectivity index (χ4v) is 2.69. The molecule has 0 atom stereocenters. The average molecular weight is 321 g/mol. The lowest BCUT2D eigenvalue weighted by Crippen LogP contribution is -2.23. The fourth-order valence-electron chi connectivity index (χ4n) is 2.69. The first-order chi connectivity index (χ1) is 11.8. The molecule has 2 heterocycles. The van der Waals surface area contributed by atoms with Crippen molar-refractivity contribution in [3.05, 3.63) is 59.4 Å². The van der Waals surface area contributed by atoms with E-state index in [1.54, 1.807) is 6.07 Å². The number of hydrogen-bond acceptors (Lipinski definition) is 4. The second-order valence-corrected chi connectivity index (χ2v) is 5.71. The van der Waals surface area contributed by atoms with Gasteiger partial charge in [0.15, 0.2) is 5.88 Å². The number of benzene rings is 1. The molecule has 0 spiro atoms. The quantitative estimate of drug-likeness (QED) is 0.678. The summed E-state index contributed by atoms with van der Waals surface area (Å²) in [5.74, 6) is 0.907. The number of anilines is 1. The van der Waals surface area contributed by atoms with Crippen molar-refractivity contribution in [1.29, 1.82) is 5.26 Å². The number of rotatable bonds is 5. The second-order valence-electron chi connectivity index (χ2n) is 5.71. The van der Waals surface area contributed by atoms with Crippen molar-refractivity contribution in [1.82, 2.24) is 5.32 Å². The summed E-state index contributed by atoms with van der Waals surface area (Å²) < 4.78 is 5.73. The number of hydrogen-bond donors (Lipinski definition) is 1. The van der Waals surface area contributed by atoms with Gasteiger partial charge in [0.25, 0.3) is 5.91 Å².